The first-order chi connectivity index (χ1) is 20.3. The van der Waals surface area contributed by atoms with Crippen LogP contribution in [0.25, 0.3) is 10.9 Å². The molecule has 3 amide bonds. The third-order valence-corrected chi connectivity index (χ3v) is 6.56. The van der Waals surface area contributed by atoms with Crippen LogP contribution in [0.2, 0.25) is 0 Å². The summed E-state index contributed by atoms with van der Waals surface area (Å²) >= 11 is 0. The van der Waals surface area contributed by atoms with Crippen molar-refractivity contribution in [2.75, 3.05) is 26.5 Å². The third-order valence-electron chi connectivity index (χ3n) is 6.56. The van der Waals surface area contributed by atoms with Gasteiger partial charge in [0, 0.05) is 25.7 Å². The van der Waals surface area contributed by atoms with E-state index in [4.69, 9.17) is 0 Å². The molecule has 3 aromatic rings. The van der Waals surface area contributed by atoms with Gasteiger partial charge in [-0.3, -0.25) is 14.4 Å². The van der Waals surface area contributed by atoms with Gasteiger partial charge in [-0.2, -0.15) is 0 Å². The van der Waals surface area contributed by atoms with E-state index in [0.717, 1.165) is 11.7 Å². The van der Waals surface area contributed by atoms with Crippen LogP contribution >= 0.6 is 0 Å². The number of carbonyl (C=O) groups excluding carboxylic acids is 3. The van der Waals surface area contributed by atoms with Gasteiger partial charge in [0.1, 0.15) is 17.5 Å². The number of pyridine rings is 1. The summed E-state index contributed by atoms with van der Waals surface area (Å²) in [6.07, 6.45) is 3.04. The van der Waals surface area contributed by atoms with Crippen molar-refractivity contribution in [2.45, 2.75) is 45.7 Å². The van der Waals surface area contributed by atoms with Crippen LogP contribution in [-0.4, -0.2) is 70.4 Å². The molecule has 0 saturated carbocycles. The number of aromatic nitrogens is 2. The number of fused-ring (bicyclic) bond motifs is 1. The minimum Gasteiger partial charge on any atom is -0.464 e. The number of nitrogens with zero attached hydrogens (tertiary/aromatic N) is 3. The fraction of sp³-hybridized carbons (Fsp3) is 0.367. The number of hydrogen-bond acceptors (Lipinski definition) is 6. The lowest BCUT2D eigenvalue weighted by atomic mass is 10.0. The quantitative estimate of drug-likeness (QED) is 0.284. The number of likely N-dealkylation sites (N-methyl/N-ethyl adjacent to an activating group) is 1. The van der Waals surface area contributed by atoms with Gasteiger partial charge in [0.25, 0.3) is 5.56 Å². The Labute approximate surface area is 247 Å². The van der Waals surface area contributed by atoms with Gasteiger partial charge in [-0.15, -0.1) is 0 Å². The van der Waals surface area contributed by atoms with Crippen LogP contribution < -0.4 is 16.2 Å². The molecule has 0 radical (unpaired) electrons. The number of hydrogen-bond donors (Lipinski definition) is 3. The second-order valence-corrected chi connectivity index (χ2v) is 10.6. The fourth-order valence-corrected chi connectivity index (χ4v) is 4.60. The number of anilines is 1. The minimum atomic E-state index is -1.28. The van der Waals surface area contributed by atoms with Crippen molar-refractivity contribution in [1.29, 1.82) is 0 Å². The molecule has 3 N–H and O–H groups in total. The summed E-state index contributed by atoms with van der Waals surface area (Å²) in [6.45, 7) is 3.71. The molecule has 1 unspecified atom stereocenters. The largest absolute Gasteiger partial charge is 0.464 e. The first kappa shape index (κ1) is 32.6. The molecule has 0 aliphatic rings. The van der Waals surface area contributed by atoms with Gasteiger partial charge in [0.2, 0.25) is 11.8 Å². The highest BCUT2D eigenvalue weighted by molar-refractivity contribution is 5.96. The van der Waals surface area contributed by atoms with E-state index >= 15 is 0 Å². The molecule has 3 rings (SSSR count). The fourth-order valence-electron chi connectivity index (χ4n) is 4.60. The van der Waals surface area contributed by atoms with Gasteiger partial charge < -0.3 is 29.9 Å². The number of allylic oxidation sites excluding steroid dienone is 1. The molecule has 0 aliphatic heterocycles. The summed E-state index contributed by atoms with van der Waals surface area (Å²) < 4.78 is 21.3. The number of carboxylic acid groups (broad SMARTS) is 1. The van der Waals surface area contributed by atoms with Crippen molar-refractivity contribution in [3.63, 3.8) is 0 Å². The van der Waals surface area contributed by atoms with Crippen LogP contribution in [0.15, 0.2) is 53.5 Å². The summed E-state index contributed by atoms with van der Waals surface area (Å²) in [4.78, 5) is 63.8. The van der Waals surface area contributed by atoms with E-state index in [2.05, 4.69) is 15.4 Å². The molecule has 0 saturated heterocycles. The molecular weight excluding hydrogens is 561 g/mol. The molecule has 1 aromatic carbocycles. The molecule has 0 aliphatic carbocycles. The van der Waals surface area contributed by atoms with Crippen LogP contribution in [0, 0.1) is 11.7 Å². The Morgan fingerprint density at radius 2 is 1.88 bits per heavy atom. The molecule has 0 bridgehead atoms. The van der Waals surface area contributed by atoms with Crippen molar-refractivity contribution in [2.24, 2.45) is 5.92 Å². The smallest absolute Gasteiger partial charge is 0.416 e. The summed E-state index contributed by atoms with van der Waals surface area (Å²) in [5.74, 6) is -1.28. The lowest BCUT2D eigenvalue weighted by Gasteiger charge is -2.17. The molecular formula is C30H36FN5O7. The lowest BCUT2D eigenvalue weighted by molar-refractivity contribution is -0.123. The number of ether oxygens (including phenoxy) is 1. The zero-order valence-electron chi connectivity index (χ0n) is 24.7. The van der Waals surface area contributed by atoms with Gasteiger partial charge in [0.15, 0.2) is 0 Å². The monoisotopic (exact) mass is 597 g/mol. The van der Waals surface area contributed by atoms with Gasteiger partial charge in [-0.25, -0.2) is 18.5 Å². The highest BCUT2D eigenvalue weighted by Gasteiger charge is 2.23. The van der Waals surface area contributed by atoms with E-state index in [1.54, 1.807) is 20.2 Å². The zero-order chi connectivity index (χ0) is 31.8. The van der Waals surface area contributed by atoms with Crippen molar-refractivity contribution in [1.82, 2.24) is 19.4 Å². The minimum absolute atomic E-state index is 0.104. The molecule has 12 nitrogen and oxygen atoms in total. The predicted molar refractivity (Wildman–Crippen MR) is 159 cm³/mol. The van der Waals surface area contributed by atoms with Crippen LogP contribution in [0.3, 0.4) is 0 Å². The highest BCUT2D eigenvalue weighted by atomic mass is 19.1. The van der Waals surface area contributed by atoms with Crippen LogP contribution in [0.4, 0.5) is 19.7 Å². The summed E-state index contributed by atoms with van der Waals surface area (Å²) in [7, 11) is 4.34. The number of benzene rings is 1. The Bertz CT molecular complexity index is 1610. The Morgan fingerprint density at radius 1 is 1.16 bits per heavy atom. The van der Waals surface area contributed by atoms with E-state index < -0.39 is 35.5 Å². The first-order valence-electron chi connectivity index (χ1n) is 13.6. The van der Waals surface area contributed by atoms with Crippen molar-refractivity contribution in [3.8, 4) is 0 Å². The van der Waals surface area contributed by atoms with Crippen LogP contribution in [-0.2, 0) is 27.3 Å². The average molecular weight is 598 g/mol. The molecule has 0 spiro atoms. The van der Waals surface area contributed by atoms with Gasteiger partial charge >= 0.3 is 12.2 Å². The van der Waals surface area contributed by atoms with Gasteiger partial charge in [0.05, 0.1) is 24.9 Å². The lowest BCUT2D eigenvalue weighted by Crippen LogP contribution is -2.44. The third kappa shape index (κ3) is 8.31. The van der Waals surface area contributed by atoms with E-state index in [-0.39, 0.29) is 42.6 Å². The van der Waals surface area contributed by atoms with Gasteiger partial charge in [-0.1, -0.05) is 19.9 Å². The van der Waals surface area contributed by atoms with Crippen LogP contribution in [0.1, 0.15) is 37.9 Å². The Hall–Kier alpha value is -4.94. The average Bonchev–Trinajstić information content (AvgIpc) is 3.29. The van der Waals surface area contributed by atoms with Crippen molar-refractivity contribution >= 4 is 40.6 Å². The molecule has 13 heteroatoms. The number of amides is 3. The second kappa shape index (κ2) is 14.3. The normalized spacial score (nSPS) is 12.0. The molecule has 43 heavy (non-hydrogen) atoms. The summed E-state index contributed by atoms with van der Waals surface area (Å²) in [5, 5.41) is 15.4. The number of methoxy groups -OCH3 is 1. The molecule has 1 atom stereocenters. The van der Waals surface area contributed by atoms with E-state index in [0.29, 0.717) is 22.9 Å². The topological polar surface area (TPSA) is 152 Å². The Morgan fingerprint density at radius 3 is 2.51 bits per heavy atom. The predicted octanol–water partition coefficient (Wildman–Crippen LogP) is 3.80. The van der Waals surface area contributed by atoms with E-state index in [9.17, 15) is 33.5 Å². The number of nitrogens with one attached hydrogen (secondary N) is 2. The Balaban J connectivity index is 1.89. The number of rotatable bonds is 11. The van der Waals surface area contributed by atoms with E-state index in [1.165, 1.54) is 52.1 Å². The molecule has 2 heterocycles. The molecule has 2 aromatic heterocycles. The molecule has 230 valence electrons. The second-order valence-electron chi connectivity index (χ2n) is 10.6. The van der Waals surface area contributed by atoms with Crippen molar-refractivity contribution in [3.05, 3.63) is 76.1 Å². The highest BCUT2D eigenvalue weighted by Crippen LogP contribution is 2.27. The number of alkyl carbamates (subject to hydrolysis) is 1. The zero-order valence-corrected chi connectivity index (χ0v) is 24.7. The van der Waals surface area contributed by atoms with Gasteiger partial charge in [-0.05, 0) is 67.2 Å². The SMILES string of the molecule is COC(=O)NC(CCC=CC(=O)N(C)C)C(=O)Nc1cccn(Cc2cc3cc(F)cc(CC(C)C)c3n2C(=O)O)c1=O. The standard InChI is InChI=1S/C30H36FN5O7/c1-18(2)13-19-14-21(31)15-20-16-22(36(26(19)20)30(41)42)17-35-12-8-10-24(28(35)39)32-27(38)23(33-29(40)43-5)9-6-7-11-25(37)34(3)4/h7-8,10-12,14-16,18,23H,6,9,13,17H2,1-5H3,(H,32,38)(H,33,40)(H,41,42). The summed E-state index contributed by atoms with van der Waals surface area (Å²) in [5.41, 5.74) is 0.394. The summed E-state index contributed by atoms with van der Waals surface area (Å²) in [6, 6.07) is 5.89. The number of carbonyl (C=O) groups is 4. The maximum absolute atomic E-state index is 14.4. The first-order valence-corrected chi connectivity index (χ1v) is 13.6. The Kier molecular flexibility index (Phi) is 10.8. The number of halogens is 1. The van der Waals surface area contributed by atoms with Crippen molar-refractivity contribution < 1.29 is 33.4 Å². The van der Waals surface area contributed by atoms with Crippen LogP contribution in [0.5, 0.6) is 0 Å². The molecule has 0 fully saturated rings. The maximum atomic E-state index is 14.4. The van der Waals surface area contributed by atoms with E-state index in [1.807, 2.05) is 13.8 Å². The maximum Gasteiger partial charge on any atom is 0.416 e.